The smallest absolute Gasteiger partial charge is 0.235 e. The van der Waals surface area contributed by atoms with Gasteiger partial charge in [-0.05, 0) is 22.0 Å². The maximum Gasteiger partial charge on any atom is 0.235 e. The number of hydrogen-bond acceptors (Lipinski definition) is 4. The molecule has 4 nitrogen and oxygen atoms in total. The van der Waals surface area contributed by atoms with Crippen LogP contribution in [0.15, 0.2) is 21.6 Å². The van der Waals surface area contributed by atoms with Crippen molar-refractivity contribution in [1.29, 1.82) is 0 Å². The summed E-state index contributed by atoms with van der Waals surface area (Å²) in [7, 11) is 3.09. The third-order valence-corrected chi connectivity index (χ3v) is 2.49. The molecule has 0 heterocycles. The molecule has 1 aromatic rings. The number of isocyanates is 1. The van der Waals surface area contributed by atoms with Crippen LogP contribution in [0.2, 0.25) is 0 Å². The van der Waals surface area contributed by atoms with Gasteiger partial charge < -0.3 is 9.47 Å². The quantitative estimate of drug-likeness (QED) is 0.624. The van der Waals surface area contributed by atoms with E-state index in [-0.39, 0.29) is 6.54 Å². The zero-order valence-electron chi connectivity index (χ0n) is 8.41. The zero-order chi connectivity index (χ0) is 11.3. The van der Waals surface area contributed by atoms with Crippen molar-refractivity contribution in [3.63, 3.8) is 0 Å². The van der Waals surface area contributed by atoms with Crippen LogP contribution < -0.4 is 9.47 Å². The Labute approximate surface area is 96.0 Å². The number of rotatable bonds is 4. The SMILES string of the molecule is COc1c(Br)ccc(CN=C=O)c1OC. The molecule has 1 rings (SSSR count). The number of methoxy groups -OCH3 is 2. The third-order valence-electron chi connectivity index (χ3n) is 1.87. The molecule has 0 fully saturated rings. The minimum atomic E-state index is 0.232. The highest BCUT2D eigenvalue weighted by molar-refractivity contribution is 9.10. The Morgan fingerprint density at radius 3 is 2.53 bits per heavy atom. The standard InChI is InChI=1S/C10H10BrNO3/c1-14-9-7(5-12-6-13)3-4-8(11)10(9)15-2/h3-4H,5H2,1-2H3. The summed E-state index contributed by atoms with van der Waals surface area (Å²) < 4.78 is 11.2. The van der Waals surface area contributed by atoms with E-state index in [2.05, 4.69) is 20.9 Å². The summed E-state index contributed by atoms with van der Waals surface area (Å²) in [5.41, 5.74) is 0.779. The Kier molecular flexibility index (Phi) is 4.34. The van der Waals surface area contributed by atoms with Gasteiger partial charge in [0.2, 0.25) is 6.08 Å². The average Bonchev–Trinajstić information content (AvgIpc) is 2.26. The van der Waals surface area contributed by atoms with Gasteiger partial charge in [0.1, 0.15) is 0 Å². The lowest BCUT2D eigenvalue weighted by Crippen LogP contribution is -1.96. The number of benzene rings is 1. The van der Waals surface area contributed by atoms with Gasteiger partial charge in [-0.3, -0.25) is 0 Å². The fraction of sp³-hybridized carbons (Fsp3) is 0.300. The first-order chi connectivity index (χ1) is 7.24. The molecule has 0 unspecified atom stereocenters. The van der Waals surface area contributed by atoms with Crippen molar-refractivity contribution in [2.45, 2.75) is 6.54 Å². The van der Waals surface area contributed by atoms with Gasteiger partial charge in [0, 0.05) is 5.56 Å². The molecule has 0 bridgehead atoms. The number of aliphatic imine (C=N–C) groups is 1. The highest BCUT2D eigenvalue weighted by Gasteiger charge is 2.12. The van der Waals surface area contributed by atoms with Crippen molar-refractivity contribution < 1.29 is 14.3 Å². The second kappa shape index (κ2) is 5.53. The molecule has 0 atom stereocenters. The van der Waals surface area contributed by atoms with Crippen LogP contribution in [0.1, 0.15) is 5.56 Å². The molecular weight excluding hydrogens is 262 g/mol. The van der Waals surface area contributed by atoms with E-state index >= 15 is 0 Å². The maximum atomic E-state index is 10.0. The number of carbonyl (C=O) groups excluding carboxylic acids is 1. The molecule has 0 aliphatic rings. The first kappa shape index (κ1) is 11.8. The Morgan fingerprint density at radius 1 is 1.33 bits per heavy atom. The van der Waals surface area contributed by atoms with E-state index in [9.17, 15) is 4.79 Å². The summed E-state index contributed by atoms with van der Waals surface area (Å²) >= 11 is 3.34. The number of nitrogens with zero attached hydrogens (tertiary/aromatic N) is 1. The lowest BCUT2D eigenvalue weighted by Gasteiger charge is -2.12. The van der Waals surface area contributed by atoms with Crippen molar-refractivity contribution in [3.05, 3.63) is 22.2 Å². The molecular formula is C10H10BrNO3. The molecule has 0 saturated carbocycles. The Hall–Kier alpha value is -1.32. The van der Waals surface area contributed by atoms with Crippen LogP contribution in [0, 0.1) is 0 Å². The minimum Gasteiger partial charge on any atom is -0.492 e. The molecule has 0 aliphatic heterocycles. The maximum absolute atomic E-state index is 10.0. The topological polar surface area (TPSA) is 47.9 Å². The molecule has 15 heavy (non-hydrogen) atoms. The Morgan fingerprint density at radius 2 is 2.00 bits per heavy atom. The van der Waals surface area contributed by atoms with Gasteiger partial charge in [-0.1, -0.05) is 6.07 Å². The van der Waals surface area contributed by atoms with Crippen LogP contribution in [0.4, 0.5) is 0 Å². The predicted octanol–water partition coefficient (Wildman–Crippen LogP) is 2.30. The van der Waals surface area contributed by atoms with E-state index in [1.54, 1.807) is 14.2 Å². The lowest BCUT2D eigenvalue weighted by atomic mass is 10.2. The first-order valence-corrected chi connectivity index (χ1v) is 4.96. The van der Waals surface area contributed by atoms with Crippen molar-refractivity contribution in [1.82, 2.24) is 0 Å². The van der Waals surface area contributed by atoms with Crippen LogP contribution in [0.25, 0.3) is 0 Å². The fourth-order valence-electron chi connectivity index (χ4n) is 1.24. The van der Waals surface area contributed by atoms with E-state index in [1.165, 1.54) is 6.08 Å². The van der Waals surface area contributed by atoms with Gasteiger partial charge in [-0.15, -0.1) is 0 Å². The zero-order valence-corrected chi connectivity index (χ0v) is 10.00. The minimum absolute atomic E-state index is 0.232. The molecule has 0 aliphatic carbocycles. The van der Waals surface area contributed by atoms with Gasteiger partial charge in [0.25, 0.3) is 0 Å². The average molecular weight is 272 g/mol. The van der Waals surface area contributed by atoms with Gasteiger partial charge >= 0.3 is 0 Å². The molecule has 5 heteroatoms. The van der Waals surface area contributed by atoms with Gasteiger partial charge in [0.05, 0.1) is 25.2 Å². The van der Waals surface area contributed by atoms with Crippen LogP contribution in [-0.2, 0) is 11.3 Å². The summed E-state index contributed by atoms with van der Waals surface area (Å²) in [6.07, 6.45) is 1.49. The van der Waals surface area contributed by atoms with Gasteiger partial charge in [-0.25, -0.2) is 9.79 Å². The van der Waals surface area contributed by atoms with Crippen molar-refractivity contribution in [3.8, 4) is 11.5 Å². The first-order valence-electron chi connectivity index (χ1n) is 4.17. The number of halogens is 1. The summed E-state index contributed by atoms with van der Waals surface area (Å²) in [6, 6.07) is 3.63. The van der Waals surface area contributed by atoms with Crippen LogP contribution in [-0.4, -0.2) is 20.3 Å². The molecule has 0 N–H and O–H groups in total. The van der Waals surface area contributed by atoms with Gasteiger partial charge in [0.15, 0.2) is 11.5 Å². The number of hydrogen-bond donors (Lipinski definition) is 0. The molecule has 0 spiro atoms. The highest BCUT2D eigenvalue weighted by Crippen LogP contribution is 2.38. The van der Waals surface area contributed by atoms with E-state index in [1.807, 2.05) is 12.1 Å². The van der Waals surface area contributed by atoms with E-state index < -0.39 is 0 Å². The van der Waals surface area contributed by atoms with Crippen LogP contribution in [0.3, 0.4) is 0 Å². The van der Waals surface area contributed by atoms with E-state index in [4.69, 9.17) is 9.47 Å². The van der Waals surface area contributed by atoms with Crippen LogP contribution >= 0.6 is 15.9 Å². The number of ether oxygens (including phenoxy) is 2. The summed E-state index contributed by atoms with van der Waals surface area (Å²) in [4.78, 5) is 13.5. The predicted molar refractivity (Wildman–Crippen MR) is 59.1 cm³/mol. The summed E-state index contributed by atoms with van der Waals surface area (Å²) in [6.45, 7) is 0.232. The van der Waals surface area contributed by atoms with Crippen molar-refractivity contribution in [2.75, 3.05) is 14.2 Å². The normalized spacial score (nSPS) is 9.27. The monoisotopic (exact) mass is 271 g/mol. The second-order valence-electron chi connectivity index (χ2n) is 2.68. The van der Waals surface area contributed by atoms with E-state index in [0.29, 0.717) is 11.5 Å². The van der Waals surface area contributed by atoms with Gasteiger partial charge in [-0.2, -0.15) is 0 Å². The molecule has 80 valence electrons. The van der Waals surface area contributed by atoms with E-state index in [0.717, 1.165) is 10.0 Å². The Balaban J connectivity index is 3.21. The third kappa shape index (κ3) is 2.58. The molecule has 0 radical (unpaired) electrons. The second-order valence-corrected chi connectivity index (χ2v) is 3.53. The molecule has 1 aromatic carbocycles. The van der Waals surface area contributed by atoms with Crippen molar-refractivity contribution >= 4 is 22.0 Å². The largest absolute Gasteiger partial charge is 0.492 e. The summed E-state index contributed by atoms with van der Waals surface area (Å²) in [5.74, 6) is 1.17. The molecule has 0 saturated heterocycles. The summed E-state index contributed by atoms with van der Waals surface area (Å²) in [5, 5.41) is 0. The Bertz CT molecular complexity index is 400. The lowest BCUT2D eigenvalue weighted by molar-refractivity contribution is 0.350. The fourth-order valence-corrected chi connectivity index (χ4v) is 1.71. The molecule has 0 amide bonds. The van der Waals surface area contributed by atoms with Crippen molar-refractivity contribution in [2.24, 2.45) is 4.99 Å². The highest BCUT2D eigenvalue weighted by atomic mass is 79.9. The molecule has 0 aromatic heterocycles. The van der Waals surface area contributed by atoms with Crippen LogP contribution in [0.5, 0.6) is 11.5 Å².